The summed E-state index contributed by atoms with van der Waals surface area (Å²) >= 11 is 1.51. The summed E-state index contributed by atoms with van der Waals surface area (Å²) < 4.78 is 2.11. The normalized spacial score (nSPS) is 13.0. The lowest BCUT2D eigenvalue weighted by Gasteiger charge is -2.25. The highest BCUT2D eigenvalue weighted by atomic mass is 32.2. The molecule has 3 aromatic rings. The molecule has 5 heteroatoms. The van der Waals surface area contributed by atoms with E-state index < -0.39 is 0 Å². The summed E-state index contributed by atoms with van der Waals surface area (Å²) in [4.78, 5) is 19.6. The number of carbonyl (C=O) groups excluding carboxylic acids is 1. The number of carbonyl (C=O) groups is 1. The summed E-state index contributed by atoms with van der Waals surface area (Å²) in [5.41, 5.74) is 4.45. The Hall–Kier alpha value is -2.53. The highest BCUT2D eigenvalue weighted by molar-refractivity contribution is 7.99. The zero-order valence-electron chi connectivity index (χ0n) is 15.5. The Morgan fingerprint density at radius 1 is 1.04 bits per heavy atom. The highest BCUT2D eigenvalue weighted by Crippen LogP contribution is 2.36. The predicted octanol–water partition coefficient (Wildman–Crippen LogP) is 4.85. The average molecular weight is 378 g/mol. The molecule has 1 aliphatic heterocycles. The van der Waals surface area contributed by atoms with Gasteiger partial charge in [-0.25, -0.2) is 4.98 Å². The van der Waals surface area contributed by atoms with Gasteiger partial charge in [-0.05, 0) is 42.5 Å². The van der Waals surface area contributed by atoms with E-state index >= 15 is 0 Å². The summed E-state index contributed by atoms with van der Waals surface area (Å²) in [6.07, 6.45) is 6.73. The van der Waals surface area contributed by atoms with E-state index in [0.29, 0.717) is 5.75 Å². The summed E-state index contributed by atoms with van der Waals surface area (Å²) in [7, 11) is 0. The SMILES string of the molecule is CCCn1ccnc1SCC(=O)N1c2ccccc2CCc2ccccc21. The number of fused-ring (bicyclic) bond motifs is 2. The molecule has 2 aromatic carbocycles. The smallest absolute Gasteiger partial charge is 0.242 e. The van der Waals surface area contributed by atoms with Gasteiger partial charge in [0.1, 0.15) is 0 Å². The predicted molar refractivity (Wildman–Crippen MR) is 111 cm³/mol. The number of imidazole rings is 1. The third-order valence-corrected chi connectivity index (χ3v) is 5.83. The van der Waals surface area contributed by atoms with Crippen molar-refractivity contribution >= 4 is 29.0 Å². The minimum absolute atomic E-state index is 0.0906. The number of para-hydroxylation sites is 2. The molecule has 4 nitrogen and oxygen atoms in total. The van der Waals surface area contributed by atoms with Gasteiger partial charge in [0.15, 0.2) is 5.16 Å². The van der Waals surface area contributed by atoms with Crippen LogP contribution in [0.1, 0.15) is 24.5 Å². The minimum Gasteiger partial charge on any atom is -0.326 e. The van der Waals surface area contributed by atoms with Crippen LogP contribution in [0.15, 0.2) is 66.1 Å². The third-order valence-electron chi connectivity index (χ3n) is 4.84. The van der Waals surface area contributed by atoms with Crippen LogP contribution in [0.3, 0.4) is 0 Å². The monoisotopic (exact) mass is 377 g/mol. The van der Waals surface area contributed by atoms with Gasteiger partial charge in [-0.3, -0.25) is 9.69 Å². The van der Waals surface area contributed by atoms with E-state index in [1.54, 1.807) is 6.20 Å². The number of aromatic nitrogens is 2. The molecule has 4 rings (SSSR count). The molecule has 0 spiro atoms. The van der Waals surface area contributed by atoms with Gasteiger partial charge in [-0.15, -0.1) is 0 Å². The molecule has 1 aliphatic rings. The minimum atomic E-state index is 0.0906. The molecule has 0 N–H and O–H groups in total. The Labute approximate surface area is 164 Å². The van der Waals surface area contributed by atoms with E-state index in [1.165, 1.54) is 22.9 Å². The summed E-state index contributed by atoms with van der Waals surface area (Å²) in [6, 6.07) is 16.5. The van der Waals surface area contributed by atoms with Crippen molar-refractivity contribution in [2.45, 2.75) is 37.9 Å². The second-order valence-electron chi connectivity index (χ2n) is 6.68. The van der Waals surface area contributed by atoms with Gasteiger partial charge >= 0.3 is 0 Å². The fourth-order valence-electron chi connectivity index (χ4n) is 3.59. The van der Waals surface area contributed by atoms with Gasteiger partial charge in [-0.2, -0.15) is 0 Å². The highest BCUT2D eigenvalue weighted by Gasteiger charge is 2.25. The van der Waals surface area contributed by atoms with Gasteiger partial charge in [0, 0.05) is 18.9 Å². The topological polar surface area (TPSA) is 38.1 Å². The van der Waals surface area contributed by atoms with Crippen LogP contribution in [0.4, 0.5) is 11.4 Å². The van der Waals surface area contributed by atoms with E-state index in [0.717, 1.165) is 42.3 Å². The molecular weight excluding hydrogens is 354 g/mol. The second-order valence-corrected chi connectivity index (χ2v) is 7.62. The number of aryl methyl sites for hydroxylation is 3. The molecule has 0 saturated heterocycles. The molecule has 0 saturated carbocycles. The van der Waals surface area contributed by atoms with Gasteiger partial charge in [-0.1, -0.05) is 55.1 Å². The number of amides is 1. The summed E-state index contributed by atoms with van der Waals surface area (Å²) in [6.45, 7) is 3.07. The standard InChI is InChI=1S/C22H23N3OS/c1-2-14-24-15-13-23-22(24)27-16-21(26)25-19-9-5-3-7-17(19)11-12-18-8-4-6-10-20(18)25/h3-10,13,15H,2,11-12,14,16H2,1H3. The molecular formula is C22H23N3OS. The van der Waals surface area contributed by atoms with E-state index in [4.69, 9.17) is 0 Å². The maximum Gasteiger partial charge on any atom is 0.242 e. The van der Waals surface area contributed by atoms with Crippen molar-refractivity contribution in [1.82, 2.24) is 9.55 Å². The fraction of sp³-hybridized carbons (Fsp3) is 0.273. The molecule has 0 bridgehead atoms. The van der Waals surface area contributed by atoms with Crippen molar-refractivity contribution < 1.29 is 4.79 Å². The van der Waals surface area contributed by atoms with Crippen molar-refractivity contribution in [3.8, 4) is 0 Å². The van der Waals surface area contributed by atoms with Crippen molar-refractivity contribution in [2.75, 3.05) is 10.7 Å². The zero-order chi connectivity index (χ0) is 18.6. The van der Waals surface area contributed by atoms with Crippen molar-refractivity contribution in [1.29, 1.82) is 0 Å². The summed E-state index contributed by atoms with van der Waals surface area (Å²) in [5.74, 6) is 0.455. The molecule has 0 atom stereocenters. The van der Waals surface area contributed by atoms with Crippen LogP contribution < -0.4 is 4.90 Å². The molecule has 1 aromatic heterocycles. The Morgan fingerprint density at radius 2 is 1.67 bits per heavy atom. The van der Waals surface area contributed by atoms with Gasteiger partial charge < -0.3 is 4.57 Å². The Kier molecular flexibility index (Phi) is 5.30. The maximum absolute atomic E-state index is 13.3. The first-order chi connectivity index (χ1) is 13.3. The number of benzene rings is 2. The Balaban J connectivity index is 1.63. The lowest BCUT2D eigenvalue weighted by Crippen LogP contribution is -2.28. The van der Waals surface area contributed by atoms with Crippen LogP contribution in [0, 0.1) is 0 Å². The van der Waals surface area contributed by atoms with Crippen LogP contribution in [0.2, 0.25) is 0 Å². The van der Waals surface area contributed by atoms with Crippen LogP contribution in [-0.2, 0) is 24.2 Å². The first kappa shape index (κ1) is 17.9. The molecule has 2 heterocycles. The number of thioether (sulfide) groups is 1. The van der Waals surface area contributed by atoms with Crippen molar-refractivity contribution in [3.63, 3.8) is 0 Å². The van der Waals surface area contributed by atoms with Crippen molar-refractivity contribution in [3.05, 3.63) is 72.1 Å². The van der Waals surface area contributed by atoms with Gasteiger partial charge in [0.05, 0.1) is 17.1 Å². The number of rotatable bonds is 5. The average Bonchev–Trinajstić information content (AvgIpc) is 3.06. The Bertz CT molecular complexity index is 902. The number of hydrogen-bond acceptors (Lipinski definition) is 3. The Morgan fingerprint density at radius 3 is 2.30 bits per heavy atom. The fourth-order valence-corrected chi connectivity index (χ4v) is 4.42. The molecule has 27 heavy (non-hydrogen) atoms. The quantitative estimate of drug-likeness (QED) is 0.597. The van der Waals surface area contributed by atoms with Crippen molar-refractivity contribution in [2.24, 2.45) is 0 Å². The van der Waals surface area contributed by atoms with Gasteiger partial charge in [0.2, 0.25) is 5.91 Å². The second kappa shape index (κ2) is 8.01. The lowest BCUT2D eigenvalue weighted by atomic mass is 10.0. The molecule has 1 amide bonds. The van der Waals surface area contributed by atoms with E-state index in [-0.39, 0.29) is 5.91 Å². The number of anilines is 2. The molecule has 138 valence electrons. The molecule has 0 unspecified atom stereocenters. The zero-order valence-corrected chi connectivity index (χ0v) is 16.3. The largest absolute Gasteiger partial charge is 0.326 e. The summed E-state index contributed by atoms with van der Waals surface area (Å²) in [5, 5.41) is 0.904. The number of hydrogen-bond donors (Lipinski definition) is 0. The van der Waals surface area contributed by atoms with Crippen LogP contribution in [-0.4, -0.2) is 21.2 Å². The van der Waals surface area contributed by atoms with E-state index in [1.807, 2.05) is 35.4 Å². The molecule has 0 radical (unpaired) electrons. The van der Waals surface area contributed by atoms with Gasteiger partial charge in [0.25, 0.3) is 0 Å². The van der Waals surface area contributed by atoms with Crippen LogP contribution in [0.5, 0.6) is 0 Å². The van der Waals surface area contributed by atoms with Crippen LogP contribution in [0.25, 0.3) is 0 Å². The third kappa shape index (κ3) is 3.65. The maximum atomic E-state index is 13.3. The number of nitrogens with zero attached hydrogens (tertiary/aromatic N) is 3. The van der Waals surface area contributed by atoms with E-state index in [9.17, 15) is 4.79 Å². The van der Waals surface area contributed by atoms with E-state index in [2.05, 4.69) is 40.7 Å². The molecule has 0 aliphatic carbocycles. The lowest BCUT2D eigenvalue weighted by molar-refractivity contribution is -0.115. The first-order valence-corrected chi connectivity index (χ1v) is 10.4. The van der Waals surface area contributed by atoms with Crippen LogP contribution >= 0.6 is 11.8 Å². The molecule has 0 fully saturated rings. The first-order valence-electron chi connectivity index (χ1n) is 9.40.